The van der Waals surface area contributed by atoms with Crippen LogP contribution in [0.25, 0.3) is 10.9 Å². The summed E-state index contributed by atoms with van der Waals surface area (Å²) in [6.07, 6.45) is -0.307. The van der Waals surface area contributed by atoms with E-state index >= 15 is 0 Å². The Kier molecular flexibility index (Phi) is 6.91. The van der Waals surface area contributed by atoms with Gasteiger partial charge in [-0.05, 0) is 31.0 Å². The summed E-state index contributed by atoms with van der Waals surface area (Å²) in [5.41, 5.74) is 2.75. The van der Waals surface area contributed by atoms with Crippen LogP contribution in [0.2, 0.25) is 0 Å². The number of ketones is 1. The number of rotatable bonds is 7. The monoisotopic (exact) mass is 452 g/mol. The van der Waals surface area contributed by atoms with Crippen LogP contribution in [0, 0.1) is 13.8 Å². The molecule has 0 amide bonds. The molecule has 1 aromatic carbocycles. The van der Waals surface area contributed by atoms with Gasteiger partial charge in [-0.25, -0.2) is 14.6 Å². The molecule has 172 valence electrons. The molecule has 0 aliphatic rings. The Morgan fingerprint density at radius 3 is 2.21 bits per heavy atom. The van der Waals surface area contributed by atoms with Gasteiger partial charge in [0.1, 0.15) is 6.61 Å². The highest BCUT2D eigenvalue weighted by molar-refractivity contribution is 6.01. The Morgan fingerprint density at radius 2 is 1.58 bits per heavy atom. The smallest absolute Gasteiger partial charge is 0.340 e. The number of Topliss-reactive ketones (excluding diaryl/α,β-unsaturated/α-hetero) is 1. The number of hydrogen-bond acceptors (Lipinski definition) is 8. The van der Waals surface area contributed by atoms with Crippen LogP contribution in [-0.2, 0) is 32.0 Å². The van der Waals surface area contributed by atoms with Crippen LogP contribution < -0.4 is 0 Å². The molecule has 2 aromatic heterocycles. The van der Waals surface area contributed by atoms with Crippen molar-refractivity contribution in [1.82, 2.24) is 9.97 Å². The molecule has 0 bridgehead atoms. The number of nitrogens with zero attached hydrogens (tertiary/aromatic N) is 1. The molecule has 3 aromatic rings. The standard InChI is InChI=1S/C24H24N2O7/c1-12-15-8-6-7-9-16(15)25-18(20(12)23(29)31-4)11-33-19(28)10-17-21(24(30)32-5)13(2)22(26-17)14(3)27/h6-9,26H,10-11H2,1-5H3. The number of aromatic nitrogens is 2. The van der Waals surface area contributed by atoms with Gasteiger partial charge in [-0.3, -0.25) is 9.59 Å². The number of H-pyrrole nitrogens is 1. The molecule has 0 aliphatic heterocycles. The first-order chi connectivity index (χ1) is 15.7. The van der Waals surface area contributed by atoms with Gasteiger partial charge in [-0.2, -0.15) is 0 Å². The van der Waals surface area contributed by atoms with E-state index < -0.39 is 17.9 Å². The summed E-state index contributed by atoms with van der Waals surface area (Å²) >= 11 is 0. The van der Waals surface area contributed by atoms with Crippen molar-refractivity contribution in [2.45, 2.75) is 33.8 Å². The summed E-state index contributed by atoms with van der Waals surface area (Å²) in [5.74, 6) is -2.22. The third-order valence-corrected chi connectivity index (χ3v) is 5.38. The maximum atomic E-state index is 12.6. The van der Waals surface area contributed by atoms with E-state index in [-0.39, 0.29) is 47.0 Å². The Labute approximate surface area is 190 Å². The first-order valence-electron chi connectivity index (χ1n) is 10.1. The average molecular weight is 452 g/mol. The number of benzene rings is 1. The van der Waals surface area contributed by atoms with E-state index in [1.54, 1.807) is 19.9 Å². The Bertz CT molecular complexity index is 1270. The van der Waals surface area contributed by atoms with Gasteiger partial charge in [-0.15, -0.1) is 0 Å². The van der Waals surface area contributed by atoms with Gasteiger partial charge in [0, 0.05) is 18.0 Å². The lowest BCUT2D eigenvalue weighted by atomic mass is 10.0. The number of esters is 3. The van der Waals surface area contributed by atoms with Crippen LogP contribution in [0.5, 0.6) is 0 Å². The summed E-state index contributed by atoms with van der Waals surface area (Å²) in [7, 11) is 2.48. The molecule has 0 unspecified atom stereocenters. The van der Waals surface area contributed by atoms with E-state index in [2.05, 4.69) is 9.97 Å². The van der Waals surface area contributed by atoms with Gasteiger partial charge >= 0.3 is 17.9 Å². The molecular weight excluding hydrogens is 428 g/mol. The number of methoxy groups -OCH3 is 2. The van der Waals surface area contributed by atoms with Crippen LogP contribution >= 0.6 is 0 Å². The highest BCUT2D eigenvalue weighted by atomic mass is 16.5. The number of carbonyl (C=O) groups excluding carboxylic acids is 4. The predicted octanol–water partition coefficient (Wildman–Crippen LogP) is 3.24. The molecule has 3 rings (SSSR count). The Hall–Kier alpha value is -4.01. The first-order valence-corrected chi connectivity index (χ1v) is 10.1. The fraction of sp³-hybridized carbons (Fsp3) is 0.292. The van der Waals surface area contributed by atoms with Gasteiger partial charge in [0.15, 0.2) is 5.78 Å². The zero-order valence-electron chi connectivity index (χ0n) is 19.0. The number of pyridine rings is 1. The quantitative estimate of drug-likeness (QED) is 0.329. The number of aromatic amines is 1. The lowest BCUT2D eigenvalue weighted by Crippen LogP contribution is -2.16. The molecular formula is C24H24N2O7. The van der Waals surface area contributed by atoms with Crippen LogP contribution in [0.4, 0.5) is 0 Å². The Balaban J connectivity index is 1.89. The number of nitrogens with one attached hydrogen (secondary N) is 1. The molecule has 9 heteroatoms. The van der Waals surface area contributed by atoms with Crippen molar-refractivity contribution < 1.29 is 33.4 Å². The zero-order valence-corrected chi connectivity index (χ0v) is 19.0. The van der Waals surface area contributed by atoms with Crippen molar-refractivity contribution in [1.29, 1.82) is 0 Å². The molecule has 0 fully saturated rings. The van der Waals surface area contributed by atoms with E-state index in [9.17, 15) is 19.2 Å². The topological polar surface area (TPSA) is 125 Å². The summed E-state index contributed by atoms with van der Waals surface area (Å²) < 4.78 is 15.1. The minimum Gasteiger partial charge on any atom is -0.465 e. The third kappa shape index (κ3) is 4.62. The minimum absolute atomic E-state index is 0.120. The van der Waals surface area contributed by atoms with E-state index in [0.29, 0.717) is 16.6 Å². The minimum atomic E-state index is -0.681. The SMILES string of the molecule is COC(=O)c1c(CC(=O)OCc2nc3ccccc3c(C)c2C(=O)OC)[nH]c(C(C)=O)c1C. The van der Waals surface area contributed by atoms with Crippen molar-refractivity contribution in [2.24, 2.45) is 0 Å². The van der Waals surface area contributed by atoms with Gasteiger partial charge in [0.25, 0.3) is 0 Å². The zero-order chi connectivity index (χ0) is 24.3. The Morgan fingerprint density at radius 1 is 0.939 bits per heavy atom. The molecule has 0 saturated carbocycles. The largest absolute Gasteiger partial charge is 0.465 e. The number of aryl methyl sites for hydroxylation is 1. The highest BCUT2D eigenvalue weighted by Gasteiger charge is 2.25. The number of para-hydroxylation sites is 1. The number of carbonyl (C=O) groups is 4. The number of hydrogen-bond donors (Lipinski definition) is 1. The fourth-order valence-electron chi connectivity index (χ4n) is 3.78. The molecule has 0 saturated heterocycles. The van der Waals surface area contributed by atoms with E-state index in [1.807, 2.05) is 18.2 Å². The molecule has 1 N–H and O–H groups in total. The maximum absolute atomic E-state index is 12.6. The van der Waals surface area contributed by atoms with Crippen molar-refractivity contribution in [3.05, 3.63) is 63.6 Å². The predicted molar refractivity (Wildman–Crippen MR) is 118 cm³/mol. The van der Waals surface area contributed by atoms with Crippen LogP contribution in [-0.4, -0.2) is 47.9 Å². The summed E-state index contributed by atoms with van der Waals surface area (Å²) in [6, 6.07) is 7.29. The highest BCUT2D eigenvalue weighted by Crippen LogP contribution is 2.25. The summed E-state index contributed by atoms with van der Waals surface area (Å²) in [6.45, 7) is 4.44. The number of ether oxygens (including phenoxy) is 3. The molecule has 0 radical (unpaired) electrons. The fourth-order valence-corrected chi connectivity index (χ4v) is 3.78. The molecule has 2 heterocycles. The van der Waals surface area contributed by atoms with Gasteiger partial charge in [0.05, 0.1) is 48.7 Å². The van der Waals surface area contributed by atoms with E-state index in [4.69, 9.17) is 14.2 Å². The van der Waals surface area contributed by atoms with Crippen LogP contribution in [0.3, 0.4) is 0 Å². The van der Waals surface area contributed by atoms with E-state index in [0.717, 1.165) is 5.39 Å². The second-order valence-electron chi connectivity index (χ2n) is 7.43. The van der Waals surface area contributed by atoms with Crippen molar-refractivity contribution >= 4 is 34.6 Å². The summed E-state index contributed by atoms with van der Waals surface area (Å²) in [4.78, 5) is 56.4. The number of fused-ring (bicyclic) bond motifs is 1. The average Bonchev–Trinajstić information content (AvgIpc) is 3.12. The molecule has 0 spiro atoms. The molecule has 33 heavy (non-hydrogen) atoms. The van der Waals surface area contributed by atoms with E-state index in [1.165, 1.54) is 21.1 Å². The lowest BCUT2D eigenvalue weighted by molar-refractivity contribution is -0.144. The molecule has 9 nitrogen and oxygen atoms in total. The normalized spacial score (nSPS) is 10.7. The van der Waals surface area contributed by atoms with Crippen molar-refractivity contribution in [3.63, 3.8) is 0 Å². The van der Waals surface area contributed by atoms with Gasteiger partial charge in [-0.1, -0.05) is 18.2 Å². The lowest BCUT2D eigenvalue weighted by Gasteiger charge is -2.13. The molecule has 0 atom stereocenters. The third-order valence-electron chi connectivity index (χ3n) is 5.38. The van der Waals surface area contributed by atoms with Crippen LogP contribution in [0.1, 0.15) is 60.6 Å². The van der Waals surface area contributed by atoms with Crippen LogP contribution in [0.15, 0.2) is 24.3 Å². The maximum Gasteiger partial charge on any atom is 0.340 e. The summed E-state index contributed by atoms with van der Waals surface area (Å²) in [5, 5.41) is 0.786. The second-order valence-corrected chi connectivity index (χ2v) is 7.43. The van der Waals surface area contributed by atoms with Crippen molar-refractivity contribution in [3.8, 4) is 0 Å². The van der Waals surface area contributed by atoms with Gasteiger partial charge in [0.2, 0.25) is 0 Å². The first kappa shape index (κ1) is 23.6. The van der Waals surface area contributed by atoms with Gasteiger partial charge < -0.3 is 19.2 Å². The second kappa shape index (κ2) is 9.64. The molecule has 0 aliphatic carbocycles. The van der Waals surface area contributed by atoms with Crippen molar-refractivity contribution in [2.75, 3.05) is 14.2 Å².